The SMILES string of the molecule is C/C=C(\C)C(=O)O[C@@H]1C[C@H](OC(C)=O)[C@]23CO[C@H](CO)[C@H]2[C@](C)([C@]24O[C@@]2(C)[C@H]2C[C@@H]4O[C@@H]4O[C@H](OC)C[C@@]42O)[C@H](O)[C@@H]2OC[C@@]1(C(=O)OC)[C@H]23. The first-order valence-electron chi connectivity index (χ1n) is 17.5. The van der Waals surface area contributed by atoms with E-state index in [0.717, 1.165) is 0 Å². The number of carbonyl (C=O) groups excluding carboxylic acids is 3. The highest BCUT2D eigenvalue weighted by Gasteiger charge is 2.95. The van der Waals surface area contributed by atoms with E-state index in [4.69, 9.17) is 42.6 Å². The number of fused-ring (bicyclic) bond motifs is 7. The van der Waals surface area contributed by atoms with Crippen molar-refractivity contribution in [2.24, 2.45) is 34.0 Å². The fourth-order valence-corrected chi connectivity index (χ4v) is 12.6. The molecular formula is C35H48O15. The molecule has 3 N–H and O–H groups in total. The van der Waals surface area contributed by atoms with Crippen LogP contribution in [0.5, 0.6) is 0 Å². The van der Waals surface area contributed by atoms with Crippen molar-refractivity contribution in [3.05, 3.63) is 11.6 Å². The molecule has 0 radical (unpaired) electrons. The molecule has 15 heteroatoms. The largest absolute Gasteiger partial charge is 0.468 e. The maximum Gasteiger partial charge on any atom is 0.333 e. The third kappa shape index (κ3) is 3.74. The number of carbonyl (C=O) groups is 3. The second-order valence-electron chi connectivity index (χ2n) is 16.0. The van der Waals surface area contributed by atoms with Crippen LogP contribution in [0.1, 0.15) is 53.9 Å². The number of rotatable bonds is 7. The van der Waals surface area contributed by atoms with Gasteiger partial charge in [0.25, 0.3) is 0 Å². The van der Waals surface area contributed by atoms with Crippen molar-refractivity contribution < 1.29 is 72.3 Å². The summed E-state index contributed by atoms with van der Waals surface area (Å²) in [6.07, 6.45) is -5.85. The summed E-state index contributed by atoms with van der Waals surface area (Å²) < 4.78 is 55.4. The van der Waals surface area contributed by atoms with Gasteiger partial charge in [-0.05, 0) is 27.2 Å². The molecule has 0 amide bonds. The lowest BCUT2D eigenvalue weighted by Gasteiger charge is -2.65. The minimum Gasteiger partial charge on any atom is -0.468 e. The zero-order chi connectivity index (χ0) is 36.0. The van der Waals surface area contributed by atoms with Gasteiger partial charge in [0.15, 0.2) is 12.6 Å². The van der Waals surface area contributed by atoms with Crippen molar-refractivity contribution in [1.82, 2.24) is 0 Å². The smallest absolute Gasteiger partial charge is 0.333 e. The van der Waals surface area contributed by atoms with Crippen LogP contribution in [0.4, 0.5) is 0 Å². The first kappa shape index (κ1) is 34.9. The molecule has 5 aliphatic heterocycles. The van der Waals surface area contributed by atoms with Crippen LogP contribution in [-0.4, -0.2) is 133 Å². The van der Waals surface area contributed by atoms with Gasteiger partial charge in [-0.2, -0.15) is 0 Å². The molecular weight excluding hydrogens is 660 g/mol. The van der Waals surface area contributed by atoms with Gasteiger partial charge in [-0.25, -0.2) is 4.79 Å². The number of methoxy groups -OCH3 is 2. The number of hydrogen-bond donors (Lipinski definition) is 3. The van der Waals surface area contributed by atoms with E-state index in [1.165, 1.54) is 21.1 Å². The van der Waals surface area contributed by atoms with Crippen LogP contribution in [0.25, 0.3) is 0 Å². The van der Waals surface area contributed by atoms with Crippen molar-refractivity contribution in [3.63, 3.8) is 0 Å². The van der Waals surface area contributed by atoms with Crippen molar-refractivity contribution in [2.45, 2.75) is 120 Å². The van der Waals surface area contributed by atoms with Crippen LogP contribution in [0.3, 0.4) is 0 Å². The van der Waals surface area contributed by atoms with E-state index in [1.807, 2.05) is 13.8 Å². The molecule has 8 rings (SSSR count). The quantitative estimate of drug-likeness (QED) is 0.140. The normalized spacial score (nSPS) is 55.4. The Morgan fingerprint density at radius 3 is 2.36 bits per heavy atom. The average Bonchev–Trinajstić information content (AvgIpc) is 3.48. The van der Waals surface area contributed by atoms with Crippen LogP contribution in [-0.2, 0) is 57.0 Å². The molecule has 3 saturated carbocycles. The number of epoxide rings is 1. The highest BCUT2D eigenvalue weighted by atomic mass is 16.8. The lowest BCUT2D eigenvalue weighted by molar-refractivity contribution is -0.309. The zero-order valence-electron chi connectivity index (χ0n) is 29.4. The minimum absolute atomic E-state index is 0.0755. The summed E-state index contributed by atoms with van der Waals surface area (Å²) >= 11 is 0. The Morgan fingerprint density at radius 1 is 0.980 bits per heavy atom. The summed E-state index contributed by atoms with van der Waals surface area (Å²) in [5.74, 6) is -4.22. The Balaban J connectivity index is 1.31. The highest BCUT2D eigenvalue weighted by Crippen LogP contribution is 2.82. The number of hydrogen-bond acceptors (Lipinski definition) is 15. The van der Waals surface area contributed by atoms with Crippen LogP contribution in [0.2, 0.25) is 0 Å². The second-order valence-corrected chi connectivity index (χ2v) is 16.0. The molecule has 0 aromatic rings. The van der Waals surface area contributed by atoms with E-state index in [2.05, 4.69) is 0 Å². The van der Waals surface area contributed by atoms with Gasteiger partial charge in [-0.15, -0.1) is 0 Å². The highest BCUT2D eigenvalue weighted by molar-refractivity contribution is 5.88. The van der Waals surface area contributed by atoms with E-state index < -0.39 is 125 Å². The van der Waals surface area contributed by atoms with E-state index >= 15 is 0 Å². The number of ether oxygens (including phenoxy) is 9. The summed E-state index contributed by atoms with van der Waals surface area (Å²) in [5.41, 5.74) is -7.68. The minimum atomic E-state index is -1.63. The number of esters is 3. The Bertz CT molecular complexity index is 1520. The van der Waals surface area contributed by atoms with Crippen LogP contribution in [0, 0.1) is 34.0 Å². The molecule has 15 nitrogen and oxygen atoms in total. The van der Waals surface area contributed by atoms with Crippen LogP contribution in [0.15, 0.2) is 11.6 Å². The fraction of sp³-hybridized carbons (Fsp3) is 0.857. The molecule has 0 aromatic heterocycles. The van der Waals surface area contributed by atoms with Gasteiger partial charge in [0.2, 0.25) is 0 Å². The third-order valence-electron chi connectivity index (χ3n) is 14.5. The summed E-state index contributed by atoms with van der Waals surface area (Å²) in [6, 6.07) is 0. The van der Waals surface area contributed by atoms with Gasteiger partial charge in [0.1, 0.15) is 34.4 Å². The van der Waals surface area contributed by atoms with Crippen molar-refractivity contribution in [2.75, 3.05) is 34.0 Å². The summed E-state index contributed by atoms with van der Waals surface area (Å²) in [7, 11) is 2.74. The summed E-state index contributed by atoms with van der Waals surface area (Å²) in [4.78, 5) is 40.4. The average molecular weight is 709 g/mol. The summed E-state index contributed by atoms with van der Waals surface area (Å²) in [5, 5.41) is 36.0. The monoisotopic (exact) mass is 708 g/mol. The van der Waals surface area contributed by atoms with Crippen molar-refractivity contribution in [3.8, 4) is 0 Å². The van der Waals surface area contributed by atoms with Crippen LogP contribution < -0.4 is 0 Å². The molecule has 0 unspecified atom stereocenters. The molecule has 17 atom stereocenters. The van der Waals surface area contributed by atoms with Gasteiger partial charge >= 0.3 is 17.9 Å². The maximum atomic E-state index is 14.2. The second kappa shape index (κ2) is 10.9. The molecule has 3 aliphatic carbocycles. The molecule has 8 aliphatic rings. The lowest BCUT2D eigenvalue weighted by atomic mass is 9.38. The van der Waals surface area contributed by atoms with E-state index in [0.29, 0.717) is 12.0 Å². The molecule has 278 valence electrons. The molecule has 50 heavy (non-hydrogen) atoms. The standard InChI is InChI=1S/C35H48O15/c1-8-15(2)27(39)47-20-10-19(46-16(3)37)32-13-44-17(12-36)24(32)30(4,26(38)23-25(32)33(20,14-45-23)28(40)43-7)35-21-9-18(31(35,5)50-35)34(41)11-22(42-6)49-29(34)48-21/h8,17-26,29,36,38,41H,9-14H2,1-7H3/b15-8+/t17-,18-,19+,20-,21+,22+,23-,24+,25-,26-,29-,30+,31+,32-,33+,34+,35+/m1/s1. The van der Waals surface area contributed by atoms with Gasteiger partial charge in [-0.1, -0.05) is 13.0 Å². The van der Waals surface area contributed by atoms with Gasteiger partial charge in [0, 0.05) is 61.0 Å². The van der Waals surface area contributed by atoms with Gasteiger partial charge in [0.05, 0.1) is 51.3 Å². The lowest BCUT2D eigenvalue weighted by Crippen LogP contribution is -2.77. The topological polar surface area (TPSA) is 198 Å². The van der Waals surface area contributed by atoms with Gasteiger partial charge < -0.3 is 58.0 Å². The number of aliphatic hydroxyl groups is 3. The van der Waals surface area contributed by atoms with Gasteiger partial charge in [-0.3, -0.25) is 9.59 Å². The van der Waals surface area contributed by atoms with E-state index in [1.54, 1.807) is 19.9 Å². The molecule has 1 spiro atoms. The Morgan fingerprint density at radius 2 is 1.72 bits per heavy atom. The van der Waals surface area contributed by atoms with Crippen LogP contribution >= 0.6 is 0 Å². The Kier molecular flexibility index (Phi) is 7.61. The third-order valence-corrected chi connectivity index (χ3v) is 14.5. The molecule has 5 heterocycles. The van der Waals surface area contributed by atoms with Crippen molar-refractivity contribution in [1.29, 1.82) is 0 Å². The Labute approximate surface area is 289 Å². The molecule has 5 saturated heterocycles. The predicted molar refractivity (Wildman–Crippen MR) is 164 cm³/mol. The molecule has 2 bridgehead atoms. The Hall–Kier alpha value is -2.21. The number of allylic oxidation sites excluding steroid dienone is 1. The van der Waals surface area contributed by atoms with Crippen molar-refractivity contribution >= 4 is 17.9 Å². The first-order chi connectivity index (χ1) is 23.6. The zero-order valence-corrected chi connectivity index (χ0v) is 29.4. The number of aliphatic hydroxyl groups excluding tert-OH is 2. The maximum absolute atomic E-state index is 14.2. The summed E-state index contributed by atoms with van der Waals surface area (Å²) in [6.45, 7) is 7.52. The molecule has 8 fully saturated rings. The fourth-order valence-electron chi connectivity index (χ4n) is 12.6. The van der Waals surface area contributed by atoms with E-state index in [9.17, 15) is 29.7 Å². The predicted octanol–water partition coefficient (Wildman–Crippen LogP) is 0.145. The van der Waals surface area contributed by atoms with E-state index in [-0.39, 0.29) is 26.1 Å². The molecule has 0 aromatic carbocycles. The first-order valence-corrected chi connectivity index (χ1v) is 17.5.